The van der Waals surface area contributed by atoms with Crippen molar-refractivity contribution in [2.45, 2.75) is 38.8 Å². The van der Waals surface area contributed by atoms with Gasteiger partial charge in [-0.1, -0.05) is 26.0 Å². The van der Waals surface area contributed by atoms with Crippen molar-refractivity contribution in [3.63, 3.8) is 0 Å². The zero-order valence-corrected chi connectivity index (χ0v) is 10.8. The number of rotatable bonds is 3. The fourth-order valence-corrected chi connectivity index (χ4v) is 2.47. The summed E-state index contributed by atoms with van der Waals surface area (Å²) in [5.41, 5.74) is 5.26. The van der Waals surface area contributed by atoms with E-state index in [-0.39, 0.29) is 17.9 Å². The van der Waals surface area contributed by atoms with Crippen LogP contribution in [0.25, 0.3) is 0 Å². The summed E-state index contributed by atoms with van der Waals surface area (Å²) < 4.78 is 5.39. The van der Waals surface area contributed by atoms with E-state index in [9.17, 15) is 9.90 Å². The van der Waals surface area contributed by atoms with Crippen molar-refractivity contribution in [3.05, 3.63) is 29.3 Å². The third kappa shape index (κ3) is 2.48. The Bertz CT molecular complexity index is 456. The second-order valence-corrected chi connectivity index (χ2v) is 5.35. The number of quaternary nitrogens is 1. The minimum Gasteiger partial charge on any atom is -0.507 e. The van der Waals surface area contributed by atoms with E-state index in [0.29, 0.717) is 17.9 Å². The molecule has 1 heterocycles. The first-order chi connectivity index (χ1) is 8.49. The number of cyclic esters (lactones) is 1. The van der Waals surface area contributed by atoms with E-state index < -0.39 is 5.97 Å². The maximum atomic E-state index is 11.9. The molecular formula is C14H20NO3+. The highest BCUT2D eigenvalue weighted by atomic mass is 16.5. The average Bonchev–Trinajstić information content (AvgIpc) is 2.27. The summed E-state index contributed by atoms with van der Waals surface area (Å²) in [5, 5.41) is 9.68. The highest BCUT2D eigenvalue weighted by molar-refractivity contribution is 5.95. The molecule has 4 heteroatoms. The molecule has 4 N–H and O–H groups in total. The molecule has 0 radical (unpaired) electrons. The number of esters is 1. The number of hydrogen-bond acceptors (Lipinski definition) is 3. The first kappa shape index (κ1) is 12.9. The molecule has 1 aromatic rings. The molecule has 0 bridgehead atoms. The van der Waals surface area contributed by atoms with Gasteiger partial charge < -0.3 is 15.6 Å². The van der Waals surface area contributed by atoms with Crippen LogP contribution in [0.5, 0.6) is 5.75 Å². The highest BCUT2D eigenvalue weighted by Crippen LogP contribution is 2.29. The Hall–Kier alpha value is -1.55. The molecule has 0 unspecified atom stereocenters. The molecule has 0 saturated carbocycles. The van der Waals surface area contributed by atoms with Crippen LogP contribution in [-0.4, -0.2) is 23.2 Å². The van der Waals surface area contributed by atoms with Gasteiger partial charge in [0, 0.05) is 12.8 Å². The number of benzene rings is 1. The Morgan fingerprint density at radius 2 is 2.22 bits per heavy atom. The van der Waals surface area contributed by atoms with E-state index in [0.717, 1.165) is 12.0 Å². The summed E-state index contributed by atoms with van der Waals surface area (Å²) in [4.78, 5) is 11.9. The van der Waals surface area contributed by atoms with Crippen LogP contribution in [0.4, 0.5) is 0 Å². The molecule has 1 aliphatic heterocycles. The van der Waals surface area contributed by atoms with Gasteiger partial charge in [-0.3, -0.25) is 0 Å². The van der Waals surface area contributed by atoms with E-state index in [1.54, 1.807) is 6.07 Å². The number of fused-ring (bicyclic) bond motifs is 1. The molecule has 1 aliphatic rings. The van der Waals surface area contributed by atoms with Gasteiger partial charge in [-0.05, 0) is 17.5 Å². The van der Waals surface area contributed by atoms with Gasteiger partial charge in [0.25, 0.3) is 0 Å². The molecule has 0 amide bonds. The largest absolute Gasteiger partial charge is 0.507 e. The van der Waals surface area contributed by atoms with Crippen molar-refractivity contribution in [2.75, 3.05) is 0 Å². The third-order valence-electron chi connectivity index (χ3n) is 3.31. The molecule has 0 fully saturated rings. The normalized spacial score (nSPS) is 20.4. The number of aromatic hydroxyl groups is 1. The van der Waals surface area contributed by atoms with Gasteiger partial charge in [-0.2, -0.15) is 0 Å². The van der Waals surface area contributed by atoms with Crippen LogP contribution >= 0.6 is 0 Å². The molecule has 18 heavy (non-hydrogen) atoms. The Balaban J connectivity index is 2.21. The van der Waals surface area contributed by atoms with Crippen molar-refractivity contribution in [1.82, 2.24) is 0 Å². The van der Waals surface area contributed by atoms with Gasteiger partial charge in [0.1, 0.15) is 17.4 Å². The van der Waals surface area contributed by atoms with E-state index in [2.05, 4.69) is 19.6 Å². The van der Waals surface area contributed by atoms with E-state index in [4.69, 9.17) is 4.74 Å². The van der Waals surface area contributed by atoms with Gasteiger partial charge in [0.15, 0.2) is 6.10 Å². The minimum atomic E-state index is -0.434. The molecule has 0 aromatic heterocycles. The molecule has 2 rings (SSSR count). The van der Waals surface area contributed by atoms with Crippen molar-refractivity contribution in [2.24, 2.45) is 5.92 Å². The Labute approximate surface area is 107 Å². The average molecular weight is 250 g/mol. The number of phenolic OH excluding ortho intramolecular Hbond substituents is 1. The second kappa shape index (κ2) is 4.98. The van der Waals surface area contributed by atoms with Gasteiger partial charge in [-0.15, -0.1) is 0 Å². The molecule has 0 saturated heterocycles. The quantitative estimate of drug-likeness (QED) is 0.790. The smallest absolute Gasteiger partial charge is 0.342 e. The predicted molar refractivity (Wildman–Crippen MR) is 67.1 cm³/mol. The molecule has 0 spiro atoms. The first-order valence-electron chi connectivity index (χ1n) is 6.34. The Morgan fingerprint density at radius 1 is 1.50 bits per heavy atom. The number of ether oxygens (including phenoxy) is 1. The van der Waals surface area contributed by atoms with E-state index in [1.807, 2.05) is 6.07 Å². The van der Waals surface area contributed by atoms with Crippen molar-refractivity contribution in [1.29, 1.82) is 0 Å². The lowest BCUT2D eigenvalue weighted by atomic mass is 9.91. The van der Waals surface area contributed by atoms with Gasteiger partial charge in [0.05, 0.1) is 0 Å². The van der Waals surface area contributed by atoms with Crippen LogP contribution in [0.15, 0.2) is 18.2 Å². The van der Waals surface area contributed by atoms with Crippen molar-refractivity contribution in [3.8, 4) is 5.75 Å². The second-order valence-electron chi connectivity index (χ2n) is 5.35. The number of hydrogen-bond donors (Lipinski definition) is 2. The number of phenols is 1. The van der Waals surface area contributed by atoms with Crippen LogP contribution in [0.2, 0.25) is 0 Å². The lowest BCUT2D eigenvalue weighted by Crippen LogP contribution is -2.68. The SMILES string of the molecule is CC(C)C[C@H]([NH3+])[C@@H]1Cc2cccc(O)c2C(=O)O1. The minimum absolute atomic E-state index is 0.000391. The summed E-state index contributed by atoms with van der Waals surface area (Å²) >= 11 is 0. The maximum Gasteiger partial charge on any atom is 0.342 e. The zero-order valence-electron chi connectivity index (χ0n) is 10.8. The van der Waals surface area contributed by atoms with Gasteiger partial charge in [0.2, 0.25) is 0 Å². The van der Waals surface area contributed by atoms with Crippen LogP contribution < -0.4 is 5.73 Å². The third-order valence-corrected chi connectivity index (χ3v) is 3.31. The predicted octanol–water partition coefficient (Wildman–Crippen LogP) is 1.13. The van der Waals surface area contributed by atoms with Gasteiger partial charge >= 0.3 is 5.97 Å². The van der Waals surface area contributed by atoms with Crippen LogP contribution in [0.3, 0.4) is 0 Å². The highest BCUT2D eigenvalue weighted by Gasteiger charge is 2.34. The van der Waals surface area contributed by atoms with Crippen molar-refractivity contribution >= 4 is 5.97 Å². The molecule has 2 atom stereocenters. The van der Waals surface area contributed by atoms with Crippen molar-refractivity contribution < 1.29 is 20.4 Å². The summed E-state index contributed by atoms with van der Waals surface area (Å²) in [6.45, 7) is 4.26. The summed E-state index contributed by atoms with van der Waals surface area (Å²) in [5.74, 6) is 0.0916. The monoisotopic (exact) mass is 250 g/mol. The van der Waals surface area contributed by atoms with E-state index in [1.165, 1.54) is 6.07 Å². The van der Waals surface area contributed by atoms with Crippen LogP contribution in [0.1, 0.15) is 36.2 Å². The summed E-state index contributed by atoms with van der Waals surface area (Å²) in [7, 11) is 0. The zero-order chi connectivity index (χ0) is 13.3. The van der Waals surface area contributed by atoms with Gasteiger partial charge in [-0.25, -0.2) is 4.79 Å². The topological polar surface area (TPSA) is 74.2 Å². The Morgan fingerprint density at radius 3 is 2.89 bits per heavy atom. The van der Waals surface area contributed by atoms with E-state index >= 15 is 0 Å². The molecule has 98 valence electrons. The van der Waals surface area contributed by atoms with Crippen LogP contribution in [-0.2, 0) is 11.2 Å². The fraction of sp³-hybridized carbons (Fsp3) is 0.500. The first-order valence-corrected chi connectivity index (χ1v) is 6.34. The number of carbonyl (C=O) groups excluding carboxylic acids is 1. The summed E-state index contributed by atoms with van der Waals surface area (Å²) in [6, 6.07) is 5.22. The standard InChI is InChI=1S/C14H19NO3/c1-8(2)6-10(15)12-7-9-4-3-5-11(16)13(9)14(17)18-12/h3-5,8,10,12,16H,6-7,15H2,1-2H3/p+1/t10-,12-/m0/s1. The molecule has 1 aromatic carbocycles. The number of carbonyl (C=O) groups is 1. The summed E-state index contributed by atoms with van der Waals surface area (Å²) in [6.07, 6.45) is 1.37. The molecular weight excluding hydrogens is 230 g/mol. The molecule has 0 aliphatic carbocycles. The van der Waals surface area contributed by atoms with Crippen LogP contribution in [0, 0.1) is 5.92 Å². The fourth-order valence-electron chi connectivity index (χ4n) is 2.47. The maximum absolute atomic E-state index is 11.9. The molecule has 4 nitrogen and oxygen atoms in total. The lowest BCUT2D eigenvalue weighted by Gasteiger charge is -2.28. The lowest BCUT2D eigenvalue weighted by molar-refractivity contribution is -0.440. The Kier molecular flexibility index (Phi) is 3.57.